The summed E-state index contributed by atoms with van der Waals surface area (Å²) >= 11 is 1.66. The highest BCUT2D eigenvalue weighted by Gasteiger charge is 2.05. The Hall–Kier alpha value is -1.42. The number of rotatable bonds is 3. The quantitative estimate of drug-likeness (QED) is 0.586. The molecule has 0 atom stereocenters. The SMILES string of the molecule is CCC=NN(C)c1nc2ccccc2s1. The molecule has 3 nitrogen and oxygen atoms in total. The molecule has 0 aliphatic heterocycles. The van der Waals surface area contributed by atoms with E-state index in [9.17, 15) is 0 Å². The normalized spacial score (nSPS) is 11.3. The van der Waals surface area contributed by atoms with Gasteiger partial charge in [-0.25, -0.2) is 9.99 Å². The molecule has 15 heavy (non-hydrogen) atoms. The molecule has 0 saturated heterocycles. The summed E-state index contributed by atoms with van der Waals surface area (Å²) in [4.78, 5) is 4.50. The first kappa shape index (κ1) is 10.1. The molecule has 0 fully saturated rings. The van der Waals surface area contributed by atoms with Gasteiger partial charge in [-0.15, -0.1) is 0 Å². The maximum absolute atomic E-state index is 4.50. The second-order valence-corrected chi connectivity index (χ2v) is 4.20. The number of benzene rings is 1. The Balaban J connectivity index is 2.32. The minimum absolute atomic E-state index is 0.931. The van der Waals surface area contributed by atoms with Crippen LogP contribution in [0, 0.1) is 0 Å². The number of para-hydroxylation sites is 1. The molecule has 0 aliphatic carbocycles. The molecule has 0 amide bonds. The summed E-state index contributed by atoms with van der Waals surface area (Å²) in [7, 11) is 1.92. The first-order chi connectivity index (χ1) is 7.31. The van der Waals surface area contributed by atoms with Gasteiger partial charge in [0.05, 0.1) is 10.2 Å². The lowest BCUT2D eigenvalue weighted by Crippen LogP contribution is -2.07. The van der Waals surface area contributed by atoms with E-state index in [-0.39, 0.29) is 0 Å². The number of fused-ring (bicyclic) bond motifs is 1. The molecular formula is C11H13N3S. The maximum Gasteiger partial charge on any atom is 0.206 e. The molecule has 1 aromatic carbocycles. The van der Waals surface area contributed by atoms with Crippen LogP contribution in [0.2, 0.25) is 0 Å². The Morgan fingerprint density at radius 1 is 1.47 bits per heavy atom. The Labute approximate surface area is 93.1 Å². The highest BCUT2D eigenvalue weighted by molar-refractivity contribution is 7.22. The van der Waals surface area contributed by atoms with Gasteiger partial charge in [-0.1, -0.05) is 30.4 Å². The Kier molecular flexibility index (Phi) is 2.97. The van der Waals surface area contributed by atoms with Crippen molar-refractivity contribution in [2.24, 2.45) is 5.10 Å². The molecule has 2 aromatic rings. The van der Waals surface area contributed by atoms with Gasteiger partial charge in [-0.2, -0.15) is 5.10 Å². The van der Waals surface area contributed by atoms with Crippen LogP contribution in [0.5, 0.6) is 0 Å². The standard InChI is InChI=1S/C11H13N3S/c1-3-8-12-14(2)11-13-9-6-4-5-7-10(9)15-11/h4-8H,3H2,1-2H3. The van der Waals surface area contributed by atoms with Crippen LogP contribution in [-0.4, -0.2) is 18.2 Å². The Morgan fingerprint density at radius 3 is 3.00 bits per heavy atom. The fourth-order valence-electron chi connectivity index (χ4n) is 1.25. The van der Waals surface area contributed by atoms with Crippen molar-refractivity contribution in [1.82, 2.24) is 4.98 Å². The summed E-state index contributed by atoms with van der Waals surface area (Å²) in [6.07, 6.45) is 2.82. The van der Waals surface area contributed by atoms with Gasteiger partial charge in [-0.3, -0.25) is 0 Å². The van der Waals surface area contributed by atoms with Crippen molar-refractivity contribution in [1.29, 1.82) is 0 Å². The monoisotopic (exact) mass is 219 g/mol. The van der Waals surface area contributed by atoms with Gasteiger partial charge < -0.3 is 0 Å². The largest absolute Gasteiger partial charge is 0.243 e. The molecule has 4 heteroatoms. The number of hydrogen-bond acceptors (Lipinski definition) is 4. The van der Waals surface area contributed by atoms with Crippen molar-refractivity contribution in [2.75, 3.05) is 12.1 Å². The number of anilines is 1. The van der Waals surface area contributed by atoms with E-state index in [0.717, 1.165) is 17.1 Å². The van der Waals surface area contributed by atoms with E-state index in [2.05, 4.69) is 23.1 Å². The van der Waals surface area contributed by atoms with Crippen LogP contribution < -0.4 is 5.01 Å². The van der Waals surface area contributed by atoms with Gasteiger partial charge >= 0.3 is 0 Å². The molecule has 0 saturated carbocycles. The zero-order chi connectivity index (χ0) is 10.7. The van der Waals surface area contributed by atoms with Crippen molar-refractivity contribution in [3.05, 3.63) is 24.3 Å². The van der Waals surface area contributed by atoms with Crippen LogP contribution in [0.3, 0.4) is 0 Å². The van der Waals surface area contributed by atoms with Crippen molar-refractivity contribution in [3.8, 4) is 0 Å². The van der Waals surface area contributed by atoms with Gasteiger partial charge in [0.2, 0.25) is 5.13 Å². The number of hydrogen-bond donors (Lipinski definition) is 0. The fraction of sp³-hybridized carbons (Fsp3) is 0.273. The second kappa shape index (κ2) is 4.40. The van der Waals surface area contributed by atoms with Crippen molar-refractivity contribution in [3.63, 3.8) is 0 Å². The fourth-order valence-corrected chi connectivity index (χ4v) is 2.14. The first-order valence-corrected chi connectivity index (χ1v) is 5.74. The lowest BCUT2D eigenvalue weighted by molar-refractivity contribution is 1.00. The minimum atomic E-state index is 0.931. The Bertz CT molecular complexity index is 442. The third-order valence-electron chi connectivity index (χ3n) is 2.00. The smallest absolute Gasteiger partial charge is 0.206 e. The van der Waals surface area contributed by atoms with Crippen molar-refractivity contribution < 1.29 is 0 Å². The van der Waals surface area contributed by atoms with E-state index in [1.54, 1.807) is 11.3 Å². The summed E-state index contributed by atoms with van der Waals surface area (Å²) in [5, 5.41) is 7.01. The molecule has 0 N–H and O–H groups in total. The second-order valence-electron chi connectivity index (χ2n) is 3.19. The first-order valence-electron chi connectivity index (χ1n) is 4.93. The average molecular weight is 219 g/mol. The predicted octanol–water partition coefficient (Wildman–Crippen LogP) is 3.13. The molecule has 78 valence electrons. The van der Waals surface area contributed by atoms with Gasteiger partial charge in [0.1, 0.15) is 0 Å². The third-order valence-corrected chi connectivity index (χ3v) is 3.10. The van der Waals surface area contributed by atoms with Gasteiger partial charge in [0.15, 0.2) is 0 Å². The highest BCUT2D eigenvalue weighted by Crippen LogP contribution is 2.27. The van der Waals surface area contributed by atoms with Gasteiger partial charge in [0.25, 0.3) is 0 Å². The summed E-state index contributed by atoms with van der Waals surface area (Å²) in [6, 6.07) is 8.13. The average Bonchev–Trinajstić information content (AvgIpc) is 2.69. The number of hydrazone groups is 1. The zero-order valence-corrected chi connectivity index (χ0v) is 9.66. The van der Waals surface area contributed by atoms with E-state index < -0.39 is 0 Å². The summed E-state index contributed by atoms with van der Waals surface area (Å²) < 4.78 is 1.20. The van der Waals surface area contributed by atoms with Gasteiger partial charge in [-0.05, 0) is 18.6 Å². The Morgan fingerprint density at radius 2 is 2.27 bits per heavy atom. The lowest BCUT2D eigenvalue weighted by Gasteiger charge is -2.06. The molecular weight excluding hydrogens is 206 g/mol. The van der Waals surface area contributed by atoms with Crippen LogP contribution in [0.15, 0.2) is 29.4 Å². The van der Waals surface area contributed by atoms with E-state index in [0.29, 0.717) is 0 Å². The number of nitrogens with zero attached hydrogens (tertiary/aromatic N) is 3. The van der Waals surface area contributed by atoms with E-state index in [1.807, 2.05) is 36.5 Å². The van der Waals surface area contributed by atoms with E-state index >= 15 is 0 Å². The minimum Gasteiger partial charge on any atom is -0.243 e. The molecule has 1 heterocycles. The summed E-state index contributed by atoms with van der Waals surface area (Å²) in [5.74, 6) is 0. The van der Waals surface area contributed by atoms with Crippen molar-refractivity contribution in [2.45, 2.75) is 13.3 Å². The van der Waals surface area contributed by atoms with E-state index in [1.165, 1.54) is 4.70 Å². The van der Waals surface area contributed by atoms with Crippen LogP contribution in [0.4, 0.5) is 5.13 Å². The number of aromatic nitrogens is 1. The zero-order valence-electron chi connectivity index (χ0n) is 8.84. The molecule has 0 aliphatic rings. The molecule has 0 radical (unpaired) electrons. The third kappa shape index (κ3) is 2.15. The van der Waals surface area contributed by atoms with E-state index in [4.69, 9.17) is 0 Å². The van der Waals surface area contributed by atoms with Crippen LogP contribution in [0.1, 0.15) is 13.3 Å². The molecule has 0 spiro atoms. The topological polar surface area (TPSA) is 28.5 Å². The predicted molar refractivity (Wildman–Crippen MR) is 66.8 cm³/mol. The summed E-state index contributed by atoms with van der Waals surface area (Å²) in [6.45, 7) is 2.07. The van der Waals surface area contributed by atoms with Crippen LogP contribution >= 0.6 is 11.3 Å². The molecule has 2 rings (SSSR count). The molecule has 1 aromatic heterocycles. The van der Waals surface area contributed by atoms with Gasteiger partial charge in [0, 0.05) is 13.3 Å². The van der Waals surface area contributed by atoms with Crippen molar-refractivity contribution >= 4 is 32.9 Å². The van der Waals surface area contributed by atoms with Crippen LogP contribution in [-0.2, 0) is 0 Å². The highest BCUT2D eigenvalue weighted by atomic mass is 32.1. The van der Waals surface area contributed by atoms with Crippen LogP contribution in [0.25, 0.3) is 10.2 Å². The maximum atomic E-state index is 4.50. The lowest BCUT2D eigenvalue weighted by atomic mass is 10.3. The molecule has 0 unspecified atom stereocenters. The number of thiazole rings is 1. The summed E-state index contributed by atoms with van der Waals surface area (Å²) in [5.41, 5.74) is 1.04. The molecule has 0 bridgehead atoms.